The van der Waals surface area contributed by atoms with Crippen molar-refractivity contribution in [1.29, 1.82) is 0 Å². The zero-order valence-electron chi connectivity index (χ0n) is 20.3. The number of anilines is 1. The summed E-state index contributed by atoms with van der Waals surface area (Å²) in [6.07, 6.45) is 0. The van der Waals surface area contributed by atoms with E-state index in [2.05, 4.69) is 164 Å². The van der Waals surface area contributed by atoms with Gasteiger partial charge in [0.05, 0.1) is 0 Å². The van der Waals surface area contributed by atoms with Crippen molar-refractivity contribution in [2.45, 2.75) is 6.92 Å². The molecule has 0 bridgehead atoms. The van der Waals surface area contributed by atoms with Crippen LogP contribution in [0.25, 0.3) is 0 Å². The first kappa shape index (κ1) is 24.2. The van der Waals surface area contributed by atoms with Crippen LogP contribution in [0.15, 0.2) is 162 Å². The summed E-state index contributed by atoms with van der Waals surface area (Å²) in [5.74, 6) is 0. The Balaban J connectivity index is 1.79. The van der Waals surface area contributed by atoms with Gasteiger partial charge < -0.3 is 5.32 Å². The zero-order chi connectivity index (χ0) is 24.6. The fraction of sp³-hybridized carbons (Fsp3) is 0.0303. The third-order valence-electron chi connectivity index (χ3n) is 5.92. The van der Waals surface area contributed by atoms with Crippen LogP contribution >= 0.6 is 15.8 Å². The highest BCUT2D eigenvalue weighted by Gasteiger charge is 2.30. The standard InChI is InChI=1S/C33H29NP2/c1-27(34-28-17-7-2-8-18-28)33(35(29-19-9-3-10-20-29)30-21-11-4-12-22-30)36(31-23-13-5-14-24-31)32-25-15-6-16-26-32/h2-26,34H,1H3. The molecule has 5 aromatic rings. The Hall–Kier alpha value is -3.50. The lowest BCUT2D eigenvalue weighted by Gasteiger charge is -2.32. The minimum Gasteiger partial charge on any atom is -0.359 e. The van der Waals surface area contributed by atoms with E-state index in [0.717, 1.165) is 5.69 Å². The van der Waals surface area contributed by atoms with Crippen LogP contribution in [0, 0.1) is 0 Å². The van der Waals surface area contributed by atoms with Gasteiger partial charge in [-0.3, -0.25) is 0 Å². The first-order chi connectivity index (χ1) is 17.8. The molecule has 1 N–H and O–H groups in total. The SMILES string of the molecule is CC(Nc1ccccc1)=C(P(c1ccccc1)c1ccccc1)P(c1ccccc1)c1ccccc1. The maximum Gasteiger partial charge on any atom is 0.0381 e. The fourth-order valence-electron chi connectivity index (χ4n) is 4.32. The number of benzene rings is 5. The fourth-order valence-corrected chi connectivity index (χ4v) is 10.7. The highest BCUT2D eigenvalue weighted by molar-refractivity contribution is 7.94. The second kappa shape index (κ2) is 12.0. The zero-order valence-corrected chi connectivity index (χ0v) is 22.1. The first-order valence-electron chi connectivity index (χ1n) is 12.1. The van der Waals surface area contributed by atoms with Crippen molar-refractivity contribution < 1.29 is 0 Å². The minimum absolute atomic E-state index is 0.791. The van der Waals surface area contributed by atoms with Crippen molar-refractivity contribution in [3.63, 3.8) is 0 Å². The van der Waals surface area contributed by atoms with E-state index in [1.54, 1.807) is 0 Å². The van der Waals surface area contributed by atoms with E-state index >= 15 is 0 Å². The summed E-state index contributed by atoms with van der Waals surface area (Å²) in [5.41, 5.74) is 2.33. The number of nitrogens with one attached hydrogen (secondary N) is 1. The van der Waals surface area contributed by atoms with Crippen molar-refractivity contribution in [3.8, 4) is 0 Å². The van der Waals surface area contributed by atoms with Crippen molar-refractivity contribution >= 4 is 42.7 Å². The van der Waals surface area contributed by atoms with Crippen LogP contribution in [0.2, 0.25) is 0 Å². The molecule has 0 spiro atoms. The Morgan fingerprint density at radius 1 is 0.417 bits per heavy atom. The molecule has 5 rings (SSSR count). The lowest BCUT2D eigenvalue weighted by molar-refractivity contribution is 1.38. The number of allylic oxidation sites excluding steroid dienone is 1. The molecule has 0 aliphatic heterocycles. The van der Waals surface area contributed by atoms with E-state index in [9.17, 15) is 0 Å². The molecule has 0 fully saturated rings. The van der Waals surface area contributed by atoms with Crippen molar-refractivity contribution in [2.75, 3.05) is 5.32 Å². The van der Waals surface area contributed by atoms with Gasteiger partial charge in [-0.25, -0.2) is 0 Å². The van der Waals surface area contributed by atoms with Gasteiger partial charge in [0.2, 0.25) is 0 Å². The van der Waals surface area contributed by atoms with Crippen molar-refractivity contribution in [3.05, 3.63) is 162 Å². The molecule has 0 saturated heterocycles. The molecule has 0 heterocycles. The van der Waals surface area contributed by atoms with E-state index in [4.69, 9.17) is 0 Å². The number of para-hydroxylation sites is 1. The quantitative estimate of drug-likeness (QED) is 0.217. The molecule has 0 unspecified atom stereocenters. The Morgan fingerprint density at radius 3 is 1.00 bits per heavy atom. The summed E-state index contributed by atoms with van der Waals surface area (Å²) in [4.78, 5) is 0. The lowest BCUT2D eigenvalue weighted by Crippen LogP contribution is -2.20. The third-order valence-corrected chi connectivity index (χ3v) is 11.9. The van der Waals surface area contributed by atoms with Gasteiger partial charge in [0.1, 0.15) is 0 Å². The van der Waals surface area contributed by atoms with Gasteiger partial charge in [-0.15, -0.1) is 0 Å². The van der Waals surface area contributed by atoms with Gasteiger partial charge in [0.25, 0.3) is 0 Å². The second-order valence-corrected chi connectivity index (χ2v) is 13.1. The van der Waals surface area contributed by atoms with E-state index in [1.807, 2.05) is 0 Å². The summed E-state index contributed by atoms with van der Waals surface area (Å²) in [7, 11) is -1.58. The smallest absolute Gasteiger partial charge is 0.0381 e. The van der Waals surface area contributed by atoms with Crippen LogP contribution < -0.4 is 26.5 Å². The summed E-state index contributed by atoms with van der Waals surface area (Å²) >= 11 is 0. The maximum atomic E-state index is 3.79. The molecule has 0 atom stereocenters. The van der Waals surface area contributed by atoms with Crippen molar-refractivity contribution in [1.82, 2.24) is 0 Å². The number of hydrogen-bond acceptors (Lipinski definition) is 1. The number of hydrogen-bond donors (Lipinski definition) is 1. The minimum atomic E-state index is -0.791. The molecule has 0 aliphatic carbocycles. The third kappa shape index (κ3) is 5.66. The lowest BCUT2D eigenvalue weighted by atomic mass is 10.3. The molecule has 1 nitrogen and oxygen atoms in total. The van der Waals surface area contributed by atoms with Crippen LogP contribution in [0.4, 0.5) is 5.69 Å². The van der Waals surface area contributed by atoms with Crippen LogP contribution in [-0.4, -0.2) is 0 Å². The summed E-state index contributed by atoms with van der Waals surface area (Å²) in [5, 5.41) is 10.7. The van der Waals surface area contributed by atoms with E-state index in [-0.39, 0.29) is 0 Å². The maximum absolute atomic E-state index is 3.79. The molecule has 3 heteroatoms. The predicted molar refractivity (Wildman–Crippen MR) is 161 cm³/mol. The molecule has 176 valence electrons. The van der Waals surface area contributed by atoms with Gasteiger partial charge in [-0.2, -0.15) is 0 Å². The summed E-state index contributed by atoms with van der Waals surface area (Å²) < 4.78 is 0. The highest BCUT2D eigenvalue weighted by atomic mass is 31.2. The normalized spacial score (nSPS) is 10.9. The molecule has 5 aromatic carbocycles. The predicted octanol–water partition coefficient (Wildman–Crippen LogP) is 7.55. The van der Waals surface area contributed by atoms with Gasteiger partial charge >= 0.3 is 0 Å². The monoisotopic (exact) mass is 501 g/mol. The Morgan fingerprint density at radius 2 is 0.694 bits per heavy atom. The average molecular weight is 502 g/mol. The molecular weight excluding hydrogens is 472 g/mol. The van der Waals surface area contributed by atoms with Crippen LogP contribution in [0.3, 0.4) is 0 Å². The molecule has 0 radical (unpaired) electrons. The summed E-state index contributed by atoms with van der Waals surface area (Å²) in [6.45, 7) is 2.25. The van der Waals surface area contributed by atoms with Crippen LogP contribution in [-0.2, 0) is 0 Å². The summed E-state index contributed by atoms with van der Waals surface area (Å²) in [6, 6.07) is 54.6. The van der Waals surface area contributed by atoms with Gasteiger partial charge in [-0.05, 0) is 56.1 Å². The van der Waals surface area contributed by atoms with Crippen LogP contribution in [0.1, 0.15) is 6.92 Å². The Labute approximate surface area is 217 Å². The Bertz CT molecular complexity index is 1220. The van der Waals surface area contributed by atoms with E-state index in [1.165, 1.54) is 32.0 Å². The van der Waals surface area contributed by atoms with E-state index in [0.29, 0.717) is 0 Å². The van der Waals surface area contributed by atoms with Gasteiger partial charge in [0.15, 0.2) is 0 Å². The van der Waals surface area contributed by atoms with E-state index < -0.39 is 15.8 Å². The molecule has 0 aromatic heterocycles. The second-order valence-electron chi connectivity index (χ2n) is 8.45. The van der Waals surface area contributed by atoms with Crippen LogP contribution in [0.5, 0.6) is 0 Å². The first-order valence-corrected chi connectivity index (χ1v) is 14.8. The average Bonchev–Trinajstić information content (AvgIpc) is 2.95. The number of rotatable bonds is 8. The Kier molecular flexibility index (Phi) is 8.04. The molecule has 0 amide bonds. The molecule has 36 heavy (non-hydrogen) atoms. The van der Waals surface area contributed by atoms with Gasteiger partial charge in [-0.1, -0.05) is 140 Å². The topological polar surface area (TPSA) is 12.0 Å². The molecular formula is C33H29NP2. The molecule has 0 saturated carbocycles. The van der Waals surface area contributed by atoms with Gasteiger partial charge in [0, 0.05) is 16.4 Å². The molecule has 0 aliphatic rings. The highest BCUT2D eigenvalue weighted by Crippen LogP contribution is 2.61. The largest absolute Gasteiger partial charge is 0.359 e. The van der Waals surface area contributed by atoms with Crippen molar-refractivity contribution in [2.24, 2.45) is 0 Å².